The van der Waals surface area contributed by atoms with Gasteiger partial charge in [0.25, 0.3) is 5.91 Å². The molecule has 0 unspecified atom stereocenters. The van der Waals surface area contributed by atoms with E-state index in [4.69, 9.17) is 18.9 Å². The molecule has 1 fully saturated rings. The van der Waals surface area contributed by atoms with Gasteiger partial charge in [-0.05, 0) is 96.3 Å². The minimum absolute atomic E-state index is 0.0809. The van der Waals surface area contributed by atoms with Crippen LogP contribution in [0, 0.1) is 6.92 Å². The van der Waals surface area contributed by atoms with Gasteiger partial charge in [0, 0.05) is 43.2 Å². The average Bonchev–Trinajstić information content (AvgIpc) is 3.20. The number of ether oxygens (including phenoxy) is 4. The summed E-state index contributed by atoms with van der Waals surface area (Å²) in [7, 11) is 1.41. The molecule has 0 bridgehead atoms. The second kappa shape index (κ2) is 18.0. The molecule has 5 aromatic rings. The highest BCUT2D eigenvalue weighted by Gasteiger charge is 2.26. The Morgan fingerprint density at radius 1 is 0.778 bits per heavy atom. The Hall–Kier alpha value is -5.60. The molecule has 8 heteroatoms. The zero-order valence-electron chi connectivity index (χ0n) is 31.9. The number of nitrogens with one attached hydrogen (secondary N) is 1. The number of nitrogens with zero attached hydrogens (tertiary/aromatic N) is 1. The quantitative estimate of drug-likeness (QED) is 0.114. The number of anilines is 2. The van der Waals surface area contributed by atoms with Gasteiger partial charge in [-0.2, -0.15) is 0 Å². The largest absolute Gasteiger partial charge is 0.488 e. The molecule has 1 N–H and O–H groups in total. The normalized spacial score (nSPS) is 13.0. The predicted molar refractivity (Wildman–Crippen MR) is 215 cm³/mol. The highest BCUT2D eigenvalue weighted by atomic mass is 16.5. The lowest BCUT2D eigenvalue weighted by atomic mass is 9.95. The number of benzene rings is 5. The van der Waals surface area contributed by atoms with E-state index in [-0.39, 0.29) is 24.4 Å². The van der Waals surface area contributed by atoms with Crippen molar-refractivity contribution < 1.29 is 28.5 Å². The minimum atomic E-state index is -0.386. The fraction of sp³-hybridized carbons (Fsp3) is 0.304. The third-order valence-electron chi connectivity index (χ3n) is 9.97. The predicted octanol–water partition coefficient (Wildman–Crippen LogP) is 9.99. The first kappa shape index (κ1) is 38.1. The molecule has 0 aromatic heterocycles. The van der Waals surface area contributed by atoms with E-state index in [0.717, 1.165) is 58.5 Å². The molecule has 0 saturated carbocycles. The molecule has 1 aliphatic rings. The second-order valence-corrected chi connectivity index (χ2v) is 13.9. The van der Waals surface area contributed by atoms with Crippen molar-refractivity contribution in [2.24, 2.45) is 0 Å². The molecule has 0 aliphatic carbocycles. The first-order valence-electron chi connectivity index (χ1n) is 18.8. The highest BCUT2D eigenvalue weighted by Crippen LogP contribution is 2.37. The van der Waals surface area contributed by atoms with Gasteiger partial charge in [-0.1, -0.05) is 86.6 Å². The molecule has 1 saturated heterocycles. The molecule has 1 amide bonds. The molecular weight excluding hydrogens is 677 g/mol. The number of carbonyl (C=O) groups is 2. The summed E-state index contributed by atoms with van der Waals surface area (Å²) in [6, 6.07) is 35.6. The van der Waals surface area contributed by atoms with Crippen molar-refractivity contribution in [1.82, 2.24) is 0 Å². The monoisotopic (exact) mass is 726 g/mol. The van der Waals surface area contributed by atoms with Gasteiger partial charge in [-0.15, -0.1) is 0 Å². The van der Waals surface area contributed by atoms with Crippen molar-refractivity contribution in [2.75, 3.05) is 37.1 Å². The molecule has 8 nitrogen and oxygen atoms in total. The van der Waals surface area contributed by atoms with Crippen LogP contribution in [0.1, 0.15) is 82.5 Å². The number of hydrogen-bond donors (Lipinski definition) is 1. The molecule has 280 valence electrons. The van der Waals surface area contributed by atoms with Gasteiger partial charge in [0.2, 0.25) is 0 Å². The maximum Gasteiger partial charge on any atom is 0.338 e. The van der Waals surface area contributed by atoms with Crippen LogP contribution in [0.4, 0.5) is 11.4 Å². The zero-order valence-corrected chi connectivity index (χ0v) is 31.9. The van der Waals surface area contributed by atoms with E-state index >= 15 is 0 Å². The summed E-state index contributed by atoms with van der Waals surface area (Å²) in [5.74, 6) is 0.497. The van der Waals surface area contributed by atoms with Crippen LogP contribution in [0.25, 0.3) is 11.1 Å². The van der Waals surface area contributed by atoms with Crippen LogP contribution in [0.15, 0.2) is 109 Å². The number of amides is 1. The van der Waals surface area contributed by atoms with Gasteiger partial charge in [0.1, 0.15) is 24.7 Å². The van der Waals surface area contributed by atoms with Gasteiger partial charge in [0.15, 0.2) is 0 Å². The lowest BCUT2D eigenvalue weighted by Crippen LogP contribution is -2.40. The van der Waals surface area contributed by atoms with Crippen molar-refractivity contribution in [3.05, 3.63) is 143 Å². The molecule has 0 atom stereocenters. The van der Waals surface area contributed by atoms with Gasteiger partial charge in [-0.25, -0.2) is 4.79 Å². The fourth-order valence-electron chi connectivity index (χ4n) is 7.00. The molecular formula is C46H50N2O6. The summed E-state index contributed by atoms with van der Waals surface area (Å²) in [6.45, 7) is 11.2. The number of esters is 1. The van der Waals surface area contributed by atoms with E-state index in [1.165, 1.54) is 7.11 Å². The zero-order chi connectivity index (χ0) is 38.0. The molecule has 1 aliphatic heterocycles. The highest BCUT2D eigenvalue weighted by molar-refractivity contribution is 6.07. The lowest BCUT2D eigenvalue weighted by Gasteiger charge is -2.37. The first-order valence-corrected chi connectivity index (χ1v) is 18.8. The molecule has 1 heterocycles. The SMILES string of the molecule is CCN(c1cc(-c2cccc(NC(=O)c3cc(C(C)C)c(OCc4ccccc4)cc3OCc3ccccc3)c2)cc(C(=O)OC)c1C)C1CCOCC1. The summed E-state index contributed by atoms with van der Waals surface area (Å²) in [6.07, 6.45) is 1.84. The Bertz CT molecular complexity index is 2040. The minimum Gasteiger partial charge on any atom is -0.488 e. The van der Waals surface area contributed by atoms with Crippen LogP contribution in [0.2, 0.25) is 0 Å². The Balaban J connectivity index is 1.33. The number of methoxy groups -OCH3 is 1. The lowest BCUT2D eigenvalue weighted by molar-refractivity contribution is 0.0599. The van der Waals surface area contributed by atoms with Gasteiger partial charge in [-0.3, -0.25) is 4.79 Å². The van der Waals surface area contributed by atoms with Crippen LogP contribution >= 0.6 is 0 Å². The second-order valence-electron chi connectivity index (χ2n) is 13.9. The Morgan fingerprint density at radius 2 is 1.43 bits per heavy atom. The van der Waals surface area contributed by atoms with Gasteiger partial charge >= 0.3 is 5.97 Å². The number of carbonyl (C=O) groups excluding carboxylic acids is 2. The standard InChI is InChI=1S/C46H50N2O6/c1-6-48(38-20-22-52-23-21-38)42-26-36(25-40(32(42)4)46(50)51-5)35-18-13-19-37(24-35)47-45(49)41-27-39(31(2)3)43(53-29-33-14-9-7-10-15-33)28-44(41)54-30-34-16-11-8-12-17-34/h7-19,24-28,31,38H,6,20-23,29-30H2,1-5H3,(H,47,49). The fourth-order valence-corrected chi connectivity index (χ4v) is 7.00. The molecule has 54 heavy (non-hydrogen) atoms. The van der Waals surface area contributed by atoms with Crippen molar-refractivity contribution in [2.45, 2.75) is 65.7 Å². The maximum absolute atomic E-state index is 14.2. The average molecular weight is 727 g/mol. The Kier molecular flexibility index (Phi) is 12.7. The molecule has 5 aromatic carbocycles. The van der Waals surface area contributed by atoms with Gasteiger partial charge in [0.05, 0.1) is 18.2 Å². The third-order valence-corrected chi connectivity index (χ3v) is 9.97. The summed E-state index contributed by atoms with van der Waals surface area (Å²) in [4.78, 5) is 29.7. The van der Waals surface area contributed by atoms with Crippen LogP contribution in [-0.4, -0.2) is 44.8 Å². The van der Waals surface area contributed by atoms with Crippen LogP contribution in [0.5, 0.6) is 11.5 Å². The topological polar surface area (TPSA) is 86.3 Å². The van der Waals surface area contributed by atoms with E-state index in [0.29, 0.717) is 54.2 Å². The Morgan fingerprint density at radius 3 is 2.04 bits per heavy atom. The van der Waals surface area contributed by atoms with Crippen LogP contribution < -0.4 is 19.7 Å². The number of rotatable bonds is 14. The molecule has 0 spiro atoms. The Labute approximate surface area is 319 Å². The van der Waals surface area contributed by atoms with Crippen molar-refractivity contribution >= 4 is 23.3 Å². The van der Waals surface area contributed by atoms with E-state index in [1.54, 1.807) is 0 Å². The van der Waals surface area contributed by atoms with E-state index in [9.17, 15) is 9.59 Å². The summed E-state index contributed by atoms with van der Waals surface area (Å²) in [5.41, 5.74) is 8.06. The summed E-state index contributed by atoms with van der Waals surface area (Å²) < 4.78 is 23.6. The van der Waals surface area contributed by atoms with Crippen LogP contribution in [0.3, 0.4) is 0 Å². The summed E-state index contributed by atoms with van der Waals surface area (Å²) >= 11 is 0. The van der Waals surface area contributed by atoms with Crippen molar-refractivity contribution in [3.63, 3.8) is 0 Å². The van der Waals surface area contributed by atoms with E-state index in [1.807, 2.05) is 110 Å². The summed E-state index contributed by atoms with van der Waals surface area (Å²) in [5, 5.41) is 3.13. The first-order chi connectivity index (χ1) is 26.2. The van der Waals surface area contributed by atoms with E-state index < -0.39 is 0 Å². The third kappa shape index (κ3) is 9.12. The number of hydrogen-bond acceptors (Lipinski definition) is 7. The van der Waals surface area contributed by atoms with E-state index in [2.05, 4.69) is 37.1 Å². The molecule has 6 rings (SSSR count). The van der Waals surface area contributed by atoms with Crippen molar-refractivity contribution in [1.29, 1.82) is 0 Å². The van der Waals surface area contributed by atoms with Crippen LogP contribution in [-0.2, 0) is 22.7 Å². The maximum atomic E-state index is 14.2. The van der Waals surface area contributed by atoms with Gasteiger partial charge < -0.3 is 29.2 Å². The van der Waals surface area contributed by atoms with Crippen molar-refractivity contribution in [3.8, 4) is 22.6 Å². The smallest absolute Gasteiger partial charge is 0.338 e. The molecule has 0 radical (unpaired) electrons.